The molecule has 1 atom stereocenters. The van der Waals surface area contributed by atoms with Gasteiger partial charge in [0.25, 0.3) is 0 Å². The molecule has 1 unspecified atom stereocenters. The number of ether oxygens (including phenoxy) is 1. The molecule has 1 spiro atoms. The van der Waals surface area contributed by atoms with Crippen LogP contribution in [-0.2, 0) is 9.53 Å². The van der Waals surface area contributed by atoms with Crippen LogP contribution in [0.15, 0.2) is 0 Å². The van der Waals surface area contributed by atoms with E-state index in [1.165, 1.54) is 32.1 Å². The van der Waals surface area contributed by atoms with Crippen LogP contribution in [0.2, 0.25) is 0 Å². The third-order valence-electron chi connectivity index (χ3n) is 4.11. The van der Waals surface area contributed by atoms with Crippen molar-refractivity contribution in [1.29, 1.82) is 0 Å². The average molecular weight is 224 g/mol. The Morgan fingerprint density at radius 3 is 2.38 bits per heavy atom. The van der Waals surface area contributed by atoms with Crippen LogP contribution >= 0.6 is 0 Å². The predicted octanol–water partition coefficient (Wildman–Crippen LogP) is 3.69. The van der Waals surface area contributed by atoms with E-state index in [1.54, 1.807) is 0 Å². The number of carbonyl (C=O) groups is 1. The monoisotopic (exact) mass is 224 g/mol. The van der Waals surface area contributed by atoms with E-state index in [0.717, 1.165) is 12.8 Å². The fourth-order valence-electron chi connectivity index (χ4n) is 3.37. The lowest BCUT2D eigenvalue weighted by molar-refractivity contribution is -0.160. The summed E-state index contributed by atoms with van der Waals surface area (Å²) < 4.78 is 5.49. The second kappa shape index (κ2) is 4.05. The highest BCUT2D eigenvalue weighted by molar-refractivity contribution is 5.73. The molecule has 0 saturated heterocycles. The molecule has 2 fully saturated rings. The molecule has 0 bridgehead atoms. The van der Waals surface area contributed by atoms with Gasteiger partial charge in [0, 0.05) is 0 Å². The van der Waals surface area contributed by atoms with E-state index in [9.17, 15) is 4.79 Å². The summed E-state index contributed by atoms with van der Waals surface area (Å²) in [5, 5.41) is 0. The molecule has 2 heteroatoms. The smallest absolute Gasteiger partial charge is 0.309 e. The first kappa shape index (κ1) is 11.9. The molecule has 0 aromatic carbocycles. The molecule has 2 rings (SSSR count). The van der Waals surface area contributed by atoms with Crippen molar-refractivity contribution in [2.24, 2.45) is 11.3 Å². The maximum Gasteiger partial charge on any atom is 0.309 e. The lowest BCUT2D eigenvalue weighted by Crippen LogP contribution is -2.28. The Kier molecular flexibility index (Phi) is 3.02. The zero-order valence-corrected chi connectivity index (χ0v) is 10.8. The lowest BCUT2D eigenvalue weighted by Gasteiger charge is -2.24. The van der Waals surface area contributed by atoms with Crippen molar-refractivity contribution in [3.05, 3.63) is 0 Å². The van der Waals surface area contributed by atoms with Gasteiger partial charge in [-0.2, -0.15) is 0 Å². The van der Waals surface area contributed by atoms with E-state index >= 15 is 0 Å². The quantitative estimate of drug-likeness (QED) is 0.635. The van der Waals surface area contributed by atoms with Crippen molar-refractivity contribution in [2.45, 2.75) is 71.3 Å². The highest BCUT2D eigenvalue weighted by atomic mass is 16.6. The summed E-state index contributed by atoms with van der Waals surface area (Å²) in [4.78, 5) is 12.0. The zero-order valence-electron chi connectivity index (χ0n) is 10.8. The largest absolute Gasteiger partial charge is 0.460 e. The highest BCUT2D eigenvalue weighted by Crippen LogP contribution is 2.52. The zero-order chi connectivity index (χ0) is 11.8. The van der Waals surface area contributed by atoms with Crippen molar-refractivity contribution < 1.29 is 9.53 Å². The van der Waals surface area contributed by atoms with Crippen LogP contribution in [0.3, 0.4) is 0 Å². The molecule has 2 aliphatic rings. The first-order valence-electron chi connectivity index (χ1n) is 6.63. The highest BCUT2D eigenvalue weighted by Gasteiger charge is 2.44. The van der Waals surface area contributed by atoms with E-state index in [0.29, 0.717) is 5.41 Å². The molecule has 92 valence electrons. The van der Waals surface area contributed by atoms with E-state index in [2.05, 4.69) is 0 Å². The van der Waals surface area contributed by atoms with Gasteiger partial charge in [-0.05, 0) is 58.3 Å². The molecule has 16 heavy (non-hydrogen) atoms. The summed E-state index contributed by atoms with van der Waals surface area (Å²) in [6.07, 6.45) is 8.79. The summed E-state index contributed by atoms with van der Waals surface area (Å²) >= 11 is 0. The molecule has 0 aliphatic heterocycles. The summed E-state index contributed by atoms with van der Waals surface area (Å²) in [5.74, 6) is 0.216. The topological polar surface area (TPSA) is 26.3 Å². The first-order valence-corrected chi connectivity index (χ1v) is 6.63. The fraction of sp³-hybridized carbons (Fsp3) is 0.929. The number of hydrogen-bond acceptors (Lipinski definition) is 2. The van der Waals surface area contributed by atoms with Gasteiger partial charge < -0.3 is 4.74 Å². The van der Waals surface area contributed by atoms with Crippen LogP contribution in [0.25, 0.3) is 0 Å². The molecular formula is C14H24O2. The molecule has 0 N–H and O–H groups in total. The van der Waals surface area contributed by atoms with Gasteiger partial charge >= 0.3 is 5.97 Å². The molecule has 0 aromatic rings. The standard InChI is InChI=1S/C14H24O2/c1-13(2,3)16-12(15)11-6-9-14(10-11)7-4-5-8-14/h11H,4-10H2,1-3H3. The SMILES string of the molecule is CC(C)(C)OC(=O)C1CCC2(CCCC2)C1. The number of esters is 1. The van der Waals surface area contributed by atoms with Gasteiger partial charge in [0.2, 0.25) is 0 Å². The molecule has 2 saturated carbocycles. The van der Waals surface area contributed by atoms with Gasteiger partial charge in [-0.3, -0.25) is 4.79 Å². The molecule has 0 aromatic heterocycles. The van der Waals surface area contributed by atoms with Crippen molar-refractivity contribution in [1.82, 2.24) is 0 Å². The van der Waals surface area contributed by atoms with Crippen LogP contribution in [0.4, 0.5) is 0 Å². The van der Waals surface area contributed by atoms with Crippen molar-refractivity contribution in [3.63, 3.8) is 0 Å². The summed E-state index contributed by atoms with van der Waals surface area (Å²) in [7, 11) is 0. The Morgan fingerprint density at radius 2 is 1.81 bits per heavy atom. The minimum atomic E-state index is -0.331. The average Bonchev–Trinajstić information content (AvgIpc) is 2.74. The third kappa shape index (κ3) is 2.58. The fourth-order valence-corrected chi connectivity index (χ4v) is 3.37. The van der Waals surface area contributed by atoms with Gasteiger partial charge in [-0.25, -0.2) is 0 Å². The van der Waals surface area contributed by atoms with E-state index in [-0.39, 0.29) is 17.5 Å². The van der Waals surface area contributed by atoms with Crippen molar-refractivity contribution in [2.75, 3.05) is 0 Å². The van der Waals surface area contributed by atoms with E-state index < -0.39 is 0 Å². The van der Waals surface area contributed by atoms with Crippen molar-refractivity contribution in [3.8, 4) is 0 Å². The molecule has 0 heterocycles. The molecule has 2 aliphatic carbocycles. The van der Waals surface area contributed by atoms with Crippen LogP contribution in [0.1, 0.15) is 65.7 Å². The van der Waals surface area contributed by atoms with Gasteiger partial charge in [0.15, 0.2) is 0 Å². The number of hydrogen-bond donors (Lipinski definition) is 0. The normalized spacial score (nSPS) is 28.6. The maximum atomic E-state index is 12.0. The van der Waals surface area contributed by atoms with Gasteiger partial charge in [-0.15, -0.1) is 0 Å². The molecule has 0 radical (unpaired) electrons. The molecular weight excluding hydrogens is 200 g/mol. The second-order valence-electron chi connectivity index (χ2n) is 6.68. The number of carbonyl (C=O) groups excluding carboxylic acids is 1. The van der Waals surface area contributed by atoms with Crippen LogP contribution < -0.4 is 0 Å². The van der Waals surface area contributed by atoms with Crippen molar-refractivity contribution >= 4 is 5.97 Å². The van der Waals surface area contributed by atoms with Crippen LogP contribution in [0, 0.1) is 11.3 Å². The maximum absolute atomic E-state index is 12.0. The Labute approximate surface area is 98.7 Å². The van der Waals surface area contributed by atoms with E-state index in [4.69, 9.17) is 4.74 Å². The van der Waals surface area contributed by atoms with Crippen LogP contribution in [0.5, 0.6) is 0 Å². The van der Waals surface area contributed by atoms with E-state index in [1.807, 2.05) is 20.8 Å². The summed E-state index contributed by atoms with van der Waals surface area (Å²) in [6, 6.07) is 0. The summed E-state index contributed by atoms with van der Waals surface area (Å²) in [6.45, 7) is 5.85. The van der Waals surface area contributed by atoms with Gasteiger partial charge in [0.1, 0.15) is 5.60 Å². The minimum absolute atomic E-state index is 0.0382. The Balaban J connectivity index is 1.91. The van der Waals surface area contributed by atoms with Gasteiger partial charge in [-0.1, -0.05) is 12.8 Å². The predicted molar refractivity (Wildman–Crippen MR) is 64.1 cm³/mol. The van der Waals surface area contributed by atoms with Gasteiger partial charge in [0.05, 0.1) is 5.92 Å². The number of rotatable bonds is 1. The Morgan fingerprint density at radius 1 is 1.19 bits per heavy atom. The Hall–Kier alpha value is -0.530. The lowest BCUT2D eigenvalue weighted by atomic mass is 9.84. The van der Waals surface area contributed by atoms with Crippen LogP contribution in [-0.4, -0.2) is 11.6 Å². The summed E-state index contributed by atoms with van der Waals surface area (Å²) in [5.41, 5.74) is 0.185. The third-order valence-corrected chi connectivity index (χ3v) is 4.11. The second-order valence-corrected chi connectivity index (χ2v) is 6.68. The minimum Gasteiger partial charge on any atom is -0.460 e. The Bertz CT molecular complexity index is 269. The molecule has 0 amide bonds. The first-order chi connectivity index (χ1) is 7.40. The molecule has 2 nitrogen and oxygen atoms in total.